The van der Waals surface area contributed by atoms with Crippen molar-refractivity contribution in [1.82, 2.24) is 14.8 Å². The van der Waals surface area contributed by atoms with Crippen molar-refractivity contribution in [2.45, 2.75) is 52.7 Å². The molecule has 0 bridgehead atoms. The Labute approximate surface area is 179 Å². The first-order valence-corrected chi connectivity index (χ1v) is 11.1. The summed E-state index contributed by atoms with van der Waals surface area (Å²) in [6.45, 7) is 9.97. The number of nitrogens with one attached hydrogen (secondary N) is 1. The van der Waals surface area contributed by atoms with Gasteiger partial charge in [-0.15, -0.1) is 0 Å². The molecule has 1 fully saturated rings. The second-order valence-corrected chi connectivity index (χ2v) is 8.98. The maximum atomic E-state index is 12.3. The van der Waals surface area contributed by atoms with Gasteiger partial charge in [-0.2, -0.15) is 0 Å². The van der Waals surface area contributed by atoms with Gasteiger partial charge in [-0.25, -0.2) is 0 Å². The van der Waals surface area contributed by atoms with Gasteiger partial charge in [0.2, 0.25) is 5.91 Å². The van der Waals surface area contributed by atoms with Crippen molar-refractivity contribution in [2.24, 2.45) is 5.92 Å². The van der Waals surface area contributed by atoms with E-state index in [1.54, 1.807) is 0 Å². The first kappa shape index (κ1) is 20.7. The number of hydrogen-bond donors (Lipinski definition) is 1. The van der Waals surface area contributed by atoms with Crippen molar-refractivity contribution in [3.63, 3.8) is 0 Å². The minimum Gasteiger partial charge on any atom is -0.354 e. The van der Waals surface area contributed by atoms with Crippen LogP contribution < -0.4 is 5.32 Å². The van der Waals surface area contributed by atoms with Crippen molar-refractivity contribution in [3.05, 3.63) is 71.4 Å². The van der Waals surface area contributed by atoms with Crippen LogP contribution in [0.3, 0.4) is 0 Å². The van der Waals surface area contributed by atoms with Crippen LogP contribution in [0.5, 0.6) is 0 Å². The molecular formula is C26H33N3O. The molecule has 0 aliphatic carbocycles. The topological polar surface area (TPSA) is 37.3 Å². The average Bonchev–Trinajstić information content (AvgIpc) is 3.05. The van der Waals surface area contributed by atoms with Crippen LogP contribution in [0.1, 0.15) is 43.5 Å². The van der Waals surface area contributed by atoms with Crippen molar-refractivity contribution in [2.75, 3.05) is 13.1 Å². The minimum absolute atomic E-state index is 0.154. The summed E-state index contributed by atoms with van der Waals surface area (Å²) < 4.78 is 2.46. The highest BCUT2D eigenvalue weighted by Gasteiger charge is 2.26. The summed E-state index contributed by atoms with van der Waals surface area (Å²) in [5.74, 6) is 0.375. The van der Waals surface area contributed by atoms with Crippen LogP contribution >= 0.6 is 0 Å². The number of likely N-dealkylation sites (tertiary alicyclic amines) is 1. The lowest BCUT2D eigenvalue weighted by Gasteiger charge is -2.32. The molecule has 4 rings (SSSR count). The summed E-state index contributed by atoms with van der Waals surface area (Å²) >= 11 is 0. The van der Waals surface area contributed by atoms with E-state index >= 15 is 0 Å². The van der Waals surface area contributed by atoms with E-state index < -0.39 is 0 Å². The van der Waals surface area contributed by atoms with Crippen molar-refractivity contribution in [1.29, 1.82) is 0 Å². The highest BCUT2D eigenvalue weighted by atomic mass is 16.1. The van der Waals surface area contributed by atoms with Crippen LogP contribution in [0.15, 0.2) is 54.6 Å². The number of piperidine rings is 1. The fourth-order valence-corrected chi connectivity index (χ4v) is 4.56. The molecule has 0 radical (unpaired) electrons. The summed E-state index contributed by atoms with van der Waals surface area (Å²) in [6, 6.07) is 20.0. The van der Waals surface area contributed by atoms with Gasteiger partial charge >= 0.3 is 0 Å². The largest absolute Gasteiger partial charge is 0.354 e. The van der Waals surface area contributed by atoms with Gasteiger partial charge in [-0.1, -0.05) is 48.0 Å². The molecule has 4 heteroatoms. The van der Waals surface area contributed by atoms with Gasteiger partial charge in [0.1, 0.15) is 0 Å². The second kappa shape index (κ2) is 9.05. The van der Waals surface area contributed by atoms with Gasteiger partial charge in [0.05, 0.1) is 0 Å². The zero-order valence-corrected chi connectivity index (χ0v) is 18.4. The van der Waals surface area contributed by atoms with Gasteiger partial charge < -0.3 is 9.88 Å². The highest BCUT2D eigenvalue weighted by Crippen LogP contribution is 2.25. The zero-order chi connectivity index (χ0) is 21.1. The molecule has 2 heterocycles. The molecule has 0 atom stereocenters. The molecule has 30 heavy (non-hydrogen) atoms. The van der Waals surface area contributed by atoms with Crippen LogP contribution in [0, 0.1) is 12.8 Å². The number of amides is 1. The third-order valence-corrected chi connectivity index (χ3v) is 6.09. The molecule has 0 saturated carbocycles. The molecule has 1 N–H and O–H groups in total. The normalized spacial score (nSPS) is 15.7. The molecule has 4 nitrogen and oxygen atoms in total. The molecule has 1 amide bonds. The highest BCUT2D eigenvalue weighted by molar-refractivity contribution is 5.81. The zero-order valence-electron chi connectivity index (χ0n) is 18.4. The number of benzene rings is 2. The minimum atomic E-state index is 0.154. The van der Waals surface area contributed by atoms with Gasteiger partial charge in [-0.3, -0.25) is 9.69 Å². The Hall–Kier alpha value is -2.59. The molecule has 2 aromatic carbocycles. The smallest absolute Gasteiger partial charge is 0.223 e. The number of carbonyl (C=O) groups is 1. The number of nitrogens with zero attached hydrogens (tertiary/aromatic N) is 2. The molecule has 0 unspecified atom stereocenters. The second-order valence-electron chi connectivity index (χ2n) is 8.98. The number of para-hydroxylation sites is 1. The van der Waals surface area contributed by atoms with E-state index in [9.17, 15) is 4.79 Å². The van der Waals surface area contributed by atoms with Crippen molar-refractivity contribution in [3.8, 4) is 0 Å². The van der Waals surface area contributed by atoms with Crippen molar-refractivity contribution < 1.29 is 4.79 Å². The molecule has 158 valence electrons. The standard InChI is InChI=1S/C26H33N3O/c1-19(2)27-26(30)22-11-13-28(14-12-22)18-24-16-23-9-4-5-10-25(23)29(24)17-21-8-6-7-20(3)15-21/h4-10,15-16,19,22H,11-14,17-18H2,1-3H3,(H,27,30). The Morgan fingerprint density at radius 2 is 1.80 bits per heavy atom. The Morgan fingerprint density at radius 1 is 1.03 bits per heavy atom. The fraction of sp³-hybridized carbons (Fsp3) is 0.423. The monoisotopic (exact) mass is 403 g/mol. The quantitative estimate of drug-likeness (QED) is 0.646. The lowest BCUT2D eigenvalue weighted by molar-refractivity contribution is -0.127. The molecule has 1 aromatic heterocycles. The van der Waals surface area contributed by atoms with Crippen LogP contribution in [0.4, 0.5) is 0 Å². The summed E-state index contributed by atoms with van der Waals surface area (Å²) in [6.07, 6.45) is 1.88. The van der Waals surface area contributed by atoms with E-state index in [1.807, 2.05) is 13.8 Å². The molecule has 0 spiro atoms. The van der Waals surface area contributed by atoms with Gasteiger partial charge in [0.15, 0.2) is 0 Å². The predicted molar refractivity (Wildman–Crippen MR) is 123 cm³/mol. The lowest BCUT2D eigenvalue weighted by Crippen LogP contribution is -2.42. The van der Waals surface area contributed by atoms with E-state index in [0.29, 0.717) is 0 Å². The van der Waals surface area contributed by atoms with Crippen LogP contribution in [0.25, 0.3) is 10.9 Å². The Kier molecular flexibility index (Phi) is 6.24. The molecule has 1 saturated heterocycles. The summed E-state index contributed by atoms with van der Waals surface area (Å²) in [5.41, 5.74) is 5.27. The first-order valence-electron chi connectivity index (χ1n) is 11.1. The van der Waals surface area contributed by atoms with Crippen molar-refractivity contribution >= 4 is 16.8 Å². The van der Waals surface area contributed by atoms with Gasteiger partial charge in [-0.05, 0) is 69.8 Å². The molecule has 1 aliphatic heterocycles. The number of fused-ring (bicyclic) bond motifs is 1. The Morgan fingerprint density at radius 3 is 2.53 bits per heavy atom. The summed E-state index contributed by atoms with van der Waals surface area (Å²) in [7, 11) is 0. The SMILES string of the molecule is Cc1cccc(Cn2c(CN3CCC(C(=O)NC(C)C)CC3)cc3ccccc32)c1. The van der Waals surface area contributed by atoms with Crippen LogP contribution in [0.2, 0.25) is 0 Å². The molecular weight excluding hydrogens is 370 g/mol. The number of aryl methyl sites for hydroxylation is 1. The first-order chi connectivity index (χ1) is 14.5. The third-order valence-electron chi connectivity index (χ3n) is 6.09. The summed E-state index contributed by atoms with van der Waals surface area (Å²) in [4.78, 5) is 14.8. The molecule has 1 aliphatic rings. The van der Waals surface area contributed by atoms with Crippen LogP contribution in [-0.4, -0.2) is 34.5 Å². The van der Waals surface area contributed by atoms with E-state index in [1.165, 1.54) is 27.7 Å². The number of rotatable bonds is 6. The third kappa shape index (κ3) is 4.76. The Balaban J connectivity index is 1.50. The van der Waals surface area contributed by atoms with E-state index in [-0.39, 0.29) is 17.9 Å². The maximum Gasteiger partial charge on any atom is 0.223 e. The number of carbonyl (C=O) groups excluding carboxylic acids is 1. The van der Waals surface area contributed by atoms with Gasteiger partial charge in [0, 0.05) is 36.3 Å². The van der Waals surface area contributed by atoms with Crippen LogP contribution in [-0.2, 0) is 17.9 Å². The number of hydrogen-bond acceptors (Lipinski definition) is 2. The Bertz CT molecular complexity index is 1010. The van der Waals surface area contributed by atoms with Gasteiger partial charge in [0.25, 0.3) is 0 Å². The van der Waals surface area contributed by atoms with E-state index in [2.05, 4.69) is 76.3 Å². The molecule has 3 aromatic rings. The average molecular weight is 404 g/mol. The maximum absolute atomic E-state index is 12.3. The van der Waals surface area contributed by atoms with E-state index in [4.69, 9.17) is 0 Å². The van der Waals surface area contributed by atoms with E-state index in [0.717, 1.165) is 39.0 Å². The fourth-order valence-electron chi connectivity index (χ4n) is 4.56. The lowest BCUT2D eigenvalue weighted by atomic mass is 9.95. The summed E-state index contributed by atoms with van der Waals surface area (Å²) in [5, 5.41) is 4.37. The number of aromatic nitrogens is 1. The predicted octanol–water partition coefficient (Wildman–Crippen LogP) is 4.73.